The lowest BCUT2D eigenvalue weighted by Gasteiger charge is -2.29. The van der Waals surface area contributed by atoms with Crippen LogP contribution in [0.25, 0.3) is 0 Å². The molecule has 0 aromatic heterocycles. The van der Waals surface area contributed by atoms with Crippen molar-refractivity contribution in [2.75, 3.05) is 28.4 Å². The number of thiocarbonyl (C=S) groups is 1. The Morgan fingerprint density at radius 2 is 1.66 bits per heavy atom. The number of rotatable bonds is 5. The molecule has 0 amide bonds. The molecule has 0 saturated carbocycles. The first-order valence-corrected chi connectivity index (χ1v) is 9.36. The minimum absolute atomic E-state index is 0.195. The SMILES string of the molecule is COc1cccc2c1OC1=NC(c3ccc(OC)c(OC)c3OC)=NC(=S)C1C2. The van der Waals surface area contributed by atoms with Gasteiger partial charge in [-0.25, -0.2) is 4.99 Å². The third-order valence-corrected chi connectivity index (χ3v) is 5.26. The summed E-state index contributed by atoms with van der Waals surface area (Å²) in [6, 6.07) is 9.36. The Morgan fingerprint density at radius 1 is 0.897 bits per heavy atom. The van der Waals surface area contributed by atoms with Crippen LogP contribution in [0.3, 0.4) is 0 Å². The largest absolute Gasteiger partial charge is 0.493 e. The lowest BCUT2D eigenvalue weighted by molar-refractivity contribution is 0.324. The van der Waals surface area contributed by atoms with E-state index in [1.807, 2.05) is 24.3 Å². The van der Waals surface area contributed by atoms with E-state index in [2.05, 4.69) is 9.98 Å². The second-order valence-electron chi connectivity index (χ2n) is 6.41. The van der Waals surface area contributed by atoms with Crippen LogP contribution in [-0.2, 0) is 6.42 Å². The van der Waals surface area contributed by atoms with Crippen molar-refractivity contribution in [1.82, 2.24) is 0 Å². The standard InChI is InChI=1S/C21H20N2O5S/c1-24-14-7-5-6-11-10-13-20(28-16(11)14)22-19(23-21(13)29)12-8-9-15(25-2)18(27-4)17(12)26-3/h5-9,13H,10H2,1-4H3. The van der Waals surface area contributed by atoms with Crippen molar-refractivity contribution in [2.45, 2.75) is 6.42 Å². The number of hydrogen-bond acceptors (Lipinski definition) is 7. The molecule has 0 radical (unpaired) electrons. The zero-order valence-corrected chi connectivity index (χ0v) is 17.3. The molecule has 0 bridgehead atoms. The van der Waals surface area contributed by atoms with Crippen LogP contribution in [0, 0.1) is 5.92 Å². The van der Waals surface area contributed by atoms with Gasteiger partial charge in [0.05, 0.1) is 39.9 Å². The summed E-state index contributed by atoms with van der Waals surface area (Å²) < 4.78 is 27.9. The van der Waals surface area contributed by atoms with E-state index < -0.39 is 0 Å². The van der Waals surface area contributed by atoms with Crippen LogP contribution >= 0.6 is 12.2 Å². The molecule has 29 heavy (non-hydrogen) atoms. The molecule has 0 aliphatic carbocycles. The van der Waals surface area contributed by atoms with Crippen LogP contribution in [0.2, 0.25) is 0 Å². The van der Waals surface area contributed by atoms with Crippen LogP contribution < -0.4 is 23.7 Å². The Bertz CT molecular complexity index is 1050. The zero-order chi connectivity index (χ0) is 20.5. The third-order valence-electron chi connectivity index (χ3n) is 4.88. The predicted octanol–water partition coefficient (Wildman–Crippen LogP) is 3.46. The van der Waals surface area contributed by atoms with E-state index in [-0.39, 0.29) is 5.92 Å². The minimum atomic E-state index is -0.195. The van der Waals surface area contributed by atoms with Gasteiger partial charge in [0.2, 0.25) is 11.6 Å². The predicted molar refractivity (Wildman–Crippen MR) is 113 cm³/mol. The average molecular weight is 412 g/mol. The molecule has 1 atom stereocenters. The quantitative estimate of drug-likeness (QED) is 0.701. The topological polar surface area (TPSA) is 70.9 Å². The number of ether oxygens (including phenoxy) is 5. The molecule has 2 aliphatic rings. The fourth-order valence-electron chi connectivity index (χ4n) is 3.48. The van der Waals surface area contributed by atoms with Gasteiger partial charge in [0, 0.05) is 0 Å². The van der Waals surface area contributed by atoms with Crippen molar-refractivity contribution in [3.63, 3.8) is 0 Å². The normalized spacial score (nSPS) is 17.2. The summed E-state index contributed by atoms with van der Waals surface area (Å²) in [5.74, 6) is 3.48. The number of nitrogens with zero attached hydrogens (tertiary/aromatic N) is 2. The monoisotopic (exact) mass is 412 g/mol. The molecule has 1 unspecified atom stereocenters. The molecule has 4 rings (SSSR count). The van der Waals surface area contributed by atoms with Crippen LogP contribution in [0.15, 0.2) is 40.3 Å². The number of aliphatic imine (C=N–C) groups is 2. The van der Waals surface area contributed by atoms with Crippen LogP contribution in [0.5, 0.6) is 28.7 Å². The van der Waals surface area contributed by atoms with Gasteiger partial charge in [-0.1, -0.05) is 24.4 Å². The summed E-state index contributed by atoms with van der Waals surface area (Å²) in [5, 5.41) is 0. The van der Waals surface area contributed by atoms with Crippen molar-refractivity contribution in [3.8, 4) is 28.7 Å². The van der Waals surface area contributed by atoms with Gasteiger partial charge in [-0.3, -0.25) is 0 Å². The molecule has 0 fully saturated rings. The first kappa shape index (κ1) is 19.2. The van der Waals surface area contributed by atoms with E-state index in [0.717, 1.165) is 5.56 Å². The van der Waals surface area contributed by atoms with Gasteiger partial charge in [-0.2, -0.15) is 4.99 Å². The summed E-state index contributed by atoms with van der Waals surface area (Å²) in [5.41, 5.74) is 1.64. The minimum Gasteiger partial charge on any atom is -0.493 e. The van der Waals surface area contributed by atoms with E-state index in [4.69, 9.17) is 35.9 Å². The van der Waals surface area contributed by atoms with Gasteiger partial charge in [0.1, 0.15) is 4.99 Å². The maximum atomic E-state index is 6.11. The summed E-state index contributed by atoms with van der Waals surface area (Å²) in [4.78, 5) is 9.74. The van der Waals surface area contributed by atoms with Crippen LogP contribution in [-0.4, -0.2) is 45.2 Å². The highest BCUT2D eigenvalue weighted by Crippen LogP contribution is 2.42. The first-order chi connectivity index (χ1) is 14.1. The van der Waals surface area contributed by atoms with Crippen molar-refractivity contribution >= 4 is 28.9 Å². The van der Waals surface area contributed by atoms with Gasteiger partial charge in [-0.05, 0) is 30.2 Å². The van der Waals surface area contributed by atoms with Gasteiger partial charge in [0.15, 0.2) is 28.8 Å². The number of methoxy groups -OCH3 is 4. The van der Waals surface area contributed by atoms with Crippen molar-refractivity contribution in [3.05, 3.63) is 41.5 Å². The molecule has 0 spiro atoms. The number of para-hydroxylation sites is 1. The van der Waals surface area contributed by atoms with E-state index >= 15 is 0 Å². The average Bonchev–Trinajstić information content (AvgIpc) is 2.76. The summed E-state index contributed by atoms with van der Waals surface area (Å²) in [6.45, 7) is 0. The maximum Gasteiger partial charge on any atom is 0.207 e. The molecule has 150 valence electrons. The molecule has 0 saturated heterocycles. The van der Waals surface area contributed by atoms with Crippen LogP contribution in [0.4, 0.5) is 0 Å². The smallest absolute Gasteiger partial charge is 0.207 e. The maximum absolute atomic E-state index is 6.11. The Kier molecular flexibility index (Phi) is 5.10. The number of hydrogen-bond donors (Lipinski definition) is 0. The molecular weight excluding hydrogens is 392 g/mol. The lowest BCUT2D eigenvalue weighted by atomic mass is 9.94. The number of benzene rings is 2. The third kappa shape index (κ3) is 3.19. The number of amidine groups is 1. The molecule has 2 aromatic carbocycles. The molecule has 0 N–H and O–H groups in total. The van der Waals surface area contributed by atoms with Crippen molar-refractivity contribution in [1.29, 1.82) is 0 Å². The fraction of sp³-hybridized carbons (Fsp3) is 0.286. The zero-order valence-electron chi connectivity index (χ0n) is 16.5. The Morgan fingerprint density at radius 3 is 2.34 bits per heavy atom. The highest BCUT2D eigenvalue weighted by atomic mass is 32.1. The van der Waals surface area contributed by atoms with Crippen molar-refractivity contribution < 1.29 is 23.7 Å². The van der Waals surface area contributed by atoms with E-state index in [9.17, 15) is 0 Å². The summed E-state index contributed by atoms with van der Waals surface area (Å²) >= 11 is 5.58. The van der Waals surface area contributed by atoms with E-state index in [1.54, 1.807) is 34.5 Å². The molecular formula is C21H20N2O5S. The second kappa shape index (κ2) is 7.71. The summed E-state index contributed by atoms with van der Waals surface area (Å²) in [7, 11) is 6.28. The lowest BCUT2D eigenvalue weighted by Crippen LogP contribution is -2.36. The molecule has 2 aliphatic heterocycles. The van der Waals surface area contributed by atoms with Crippen LogP contribution in [0.1, 0.15) is 11.1 Å². The second-order valence-corrected chi connectivity index (χ2v) is 6.83. The molecule has 8 heteroatoms. The fourth-order valence-corrected chi connectivity index (χ4v) is 3.76. The Hall–Kier alpha value is -3.13. The van der Waals surface area contributed by atoms with Gasteiger partial charge >= 0.3 is 0 Å². The number of fused-ring (bicyclic) bond motifs is 2. The van der Waals surface area contributed by atoms with Gasteiger partial charge in [-0.15, -0.1) is 0 Å². The molecule has 2 aromatic rings. The highest BCUT2D eigenvalue weighted by molar-refractivity contribution is 7.80. The summed E-state index contributed by atoms with van der Waals surface area (Å²) in [6.07, 6.45) is 0.657. The van der Waals surface area contributed by atoms with Crippen molar-refractivity contribution in [2.24, 2.45) is 15.9 Å². The highest BCUT2D eigenvalue weighted by Gasteiger charge is 2.35. The Balaban J connectivity index is 1.79. The van der Waals surface area contributed by atoms with Gasteiger partial charge in [0.25, 0.3) is 0 Å². The van der Waals surface area contributed by atoms with E-state index in [0.29, 0.717) is 57.5 Å². The van der Waals surface area contributed by atoms with Gasteiger partial charge < -0.3 is 23.7 Å². The first-order valence-electron chi connectivity index (χ1n) is 8.95. The Labute approximate surface area is 173 Å². The molecule has 7 nitrogen and oxygen atoms in total. The van der Waals surface area contributed by atoms with E-state index in [1.165, 1.54) is 0 Å². The molecule has 2 heterocycles.